The Morgan fingerprint density at radius 3 is 3.04 bits per heavy atom. The smallest absolute Gasteiger partial charge is 0.316 e. The summed E-state index contributed by atoms with van der Waals surface area (Å²) >= 11 is 1.77. The normalized spacial score (nSPS) is 27.7. The van der Waals surface area contributed by atoms with Crippen molar-refractivity contribution in [2.24, 2.45) is 5.92 Å². The van der Waals surface area contributed by atoms with Crippen LogP contribution >= 0.6 is 11.3 Å². The molecule has 122 valence electrons. The monoisotopic (exact) mass is 331 g/mol. The zero-order chi connectivity index (χ0) is 15.5. The summed E-state index contributed by atoms with van der Waals surface area (Å²) in [6.45, 7) is 3.50. The molecule has 0 spiro atoms. The zero-order valence-electron chi connectivity index (χ0n) is 13.0. The van der Waals surface area contributed by atoms with Gasteiger partial charge in [0, 0.05) is 37.4 Å². The number of ether oxygens (including phenoxy) is 2. The van der Waals surface area contributed by atoms with Gasteiger partial charge < -0.3 is 9.47 Å². The van der Waals surface area contributed by atoms with Gasteiger partial charge in [0.2, 0.25) is 0 Å². The SMILES string of the molecule is c1cnc(OC[C@@H]2CC[C@@H]3[C@@H]2OCCN3Cc2ccsc2)nc1. The van der Waals surface area contributed by atoms with E-state index in [1.165, 1.54) is 12.0 Å². The van der Waals surface area contributed by atoms with Gasteiger partial charge in [-0.25, -0.2) is 9.97 Å². The molecule has 2 aromatic rings. The van der Waals surface area contributed by atoms with Gasteiger partial charge in [-0.2, -0.15) is 11.3 Å². The minimum atomic E-state index is 0.270. The van der Waals surface area contributed by atoms with Crippen LogP contribution in [0.3, 0.4) is 0 Å². The molecule has 5 nitrogen and oxygen atoms in total. The highest BCUT2D eigenvalue weighted by atomic mass is 32.1. The van der Waals surface area contributed by atoms with Crippen LogP contribution in [0.2, 0.25) is 0 Å². The van der Waals surface area contributed by atoms with Crippen LogP contribution in [0, 0.1) is 5.92 Å². The van der Waals surface area contributed by atoms with Crippen molar-refractivity contribution >= 4 is 11.3 Å². The second-order valence-electron chi connectivity index (χ2n) is 6.18. The summed E-state index contributed by atoms with van der Waals surface area (Å²) in [6, 6.07) is 4.98. The van der Waals surface area contributed by atoms with Gasteiger partial charge in [-0.05, 0) is 41.3 Å². The maximum Gasteiger partial charge on any atom is 0.316 e. The third-order valence-electron chi connectivity index (χ3n) is 4.77. The summed E-state index contributed by atoms with van der Waals surface area (Å²) < 4.78 is 11.9. The van der Waals surface area contributed by atoms with Crippen LogP contribution in [-0.4, -0.2) is 46.8 Å². The van der Waals surface area contributed by atoms with E-state index in [0.29, 0.717) is 24.6 Å². The van der Waals surface area contributed by atoms with Gasteiger partial charge >= 0.3 is 6.01 Å². The molecule has 1 aliphatic heterocycles. The van der Waals surface area contributed by atoms with Crippen molar-refractivity contribution in [1.29, 1.82) is 0 Å². The number of fused-ring (bicyclic) bond motifs is 1. The van der Waals surface area contributed by atoms with Crippen LogP contribution in [0.4, 0.5) is 0 Å². The number of morpholine rings is 1. The van der Waals surface area contributed by atoms with Crippen molar-refractivity contribution < 1.29 is 9.47 Å². The van der Waals surface area contributed by atoms with E-state index in [9.17, 15) is 0 Å². The molecular formula is C17H21N3O2S. The molecule has 0 unspecified atom stereocenters. The van der Waals surface area contributed by atoms with Crippen LogP contribution < -0.4 is 4.74 Å². The number of nitrogens with zero attached hydrogens (tertiary/aromatic N) is 3. The lowest BCUT2D eigenvalue weighted by molar-refractivity contribution is -0.0819. The predicted octanol–water partition coefficient (Wildman–Crippen LogP) is 2.60. The molecular weight excluding hydrogens is 310 g/mol. The first-order valence-corrected chi connectivity index (χ1v) is 9.11. The van der Waals surface area contributed by atoms with E-state index < -0.39 is 0 Å². The molecule has 23 heavy (non-hydrogen) atoms. The van der Waals surface area contributed by atoms with Gasteiger partial charge in [-0.3, -0.25) is 4.90 Å². The van der Waals surface area contributed by atoms with E-state index in [-0.39, 0.29) is 6.10 Å². The van der Waals surface area contributed by atoms with Crippen LogP contribution in [0.5, 0.6) is 6.01 Å². The third-order valence-corrected chi connectivity index (χ3v) is 5.50. The zero-order valence-corrected chi connectivity index (χ0v) is 13.8. The highest BCUT2D eigenvalue weighted by Gasteiger charge is 2.42. The Morgan fingerprint density at radius 2 is 2.22 bits per heavy atom. The third kappa shape index (κ3) is 3.39. The first-order valence-electron chi connectivity index (χ1n) is 8.17. The van der Waals surface area contributed by atoms with Crippen molar-refractivity contribution in [2.45, 2.75) is 31.5 Å². The Bertz CT molecular complexity index is 608. The summed E-state index contributed by atoms with van der Waals surface area (Å²) in [5.41, 5.74) is 1.41. The van der Waals surface area contributed by atoms with Crippen LogP contribution in [0.1, 0.15) is 18.4 Å². The fourth-order valence-corrected chi connectivity index (χ4v) is 4.33. The lowest BCUT2D eigenvalue weighted by Crippen LogP contribution is -2.50. The minimum absolute atomic E-state index is 0.270. The molecule has 0 radical (unpaired) electrons. The second kappa shape index (κ2) is 6.95. The van der Waals surface area contributed by atoms with Crippen molar-refractivity contribution in [1.82, 2.24) is 14.9 Å². The standard InChI is InChI=1S/C17H21N3O2S/c1-5-18-17(19-6-1)22-11-14-2-3-15-16(14)21-8-7-20(15)10-13-4-9-23-12-13/h1,4-6,9,12,14-16H,2-3,7-8,10-11H2/t14-,15+,16+/m0/s1. The molecule has 0 N–H and O–H groups in total. The highest BCUT2D eigenvalue weighted by molar-refractivity contribution is 7.07. The molecule has 2 fully saturated rings. The summed E-state index contributed by atoms with van der Waals surface area (Å²) in [5, 5.41) is 4.39. The lowest BCUT2D eigenvalue weighted by Gasteiger charge is -2.39. The van der Waals surface area contributed by atoms with Gasteiger partial charge in [0.25, 0.3) is 0 Å². The van der Waals surface area contributed by atoms with E-state index in [1.807, 2.05) is 0 Å². The Morgan fingerprint density at radius 1 is 1.30 bits per heavy atom. The van der Waals surface area contributed by atoms with Crippen molar-refractivity contribution in [2.75, 3.05) is 19.8 Å². The maximum atomic E-state index is 6.09. The summed E-state index contributed by atoms with van der Waals surface area (Å²) in [6.07, 6.45) is 6.01. The molecule has 1 saturated carbocycles. The fraction of sp³-hybridized carbons (Fsp3) is 0.529. The number of hydrogen-bond donors (Lipinski definition) is 0. The van der Waals surface area contributed by atoms with Gasteiger partial charge in [0.15, 0.2) is 0 Å². The first-order chi connectivity index (χ1) is 11.4. The average molecular weight is 331 g/mol. The lowest BCUT2D eigenvalue weighted by atomic mass is 10.0. The Balaban J connectivity index is 1.37. The van der Waals surface area contributed by atoms with E-state index in [1.54, 1.807) is 29.8 Å². The molecule has 1 aliphatic carbocycles. The molecule has 3 atom stereocenters. The molecule has 1 saturated heterocycles. The largest absolute Gasteiger partial charge is 0.463 e. The predicted molar refractivity (Wildman–Crippen MR) is 88.5 cm³/mol. The quantitative estimate of drug-likeness (QED) is 0.843. The Hall–Kier alpha value is -1.50. The summed E-state index contributed by atoms with van der Waals surface area (Å²) in [7, 11) is 0. The number of thiophene rings is 1. The van der Waals surface area contributed by atoms with E-state index in [4.69, 9.17) is 9.47 Å². The summed E-state index contributed by atoms with van der Waals surface area (Å²) in [4.78, 5) is 10.8. The van der Waals surface area contributed by atoms with Gasteiger partial charge in [0.1, 0.15) is 0 Å². The Kier molecular flexibility index (Phi) is 4.55. The molecule has 2 aliphatic rings. The average Bonchev–Trinajstić information content (AvgIpc) is 3.24. The molecule has 0 amide bonds. The molecule has 4 rings (SSSR count). The molecule has 0 aromatic carbocycles. The van der Waals surface area contributed by atoms with Crippen LogP contribution in [-0.2, 0) is 11.3 Å². The number of aromatic nitrogens is 2. The highest BCUT2D eigenvalue weighted by Crippen LogP contribution is 2.35. The fourth-order valence-electron chi connectivity index (χ4n) is 3.67. The van der Waals surface area contributed by atoms with Crippen LogP contribution in [0.15, 0.2) is 35.3 Å². The maximum absolute atomic E-state index is 6.09. The van der Waals surface area contributed by atoms with E-state index >= 15 is 0 Å². The van der Waals surface area contributed by atoms with E-state index in [2.05, 4.69) is 31.7 Å². The van der Waals surface area contributed by atoms with Gasteiger partial charge in [0.05, 0.1) is 19.3 Å². The number of rotatable bonds is 5. The van der Waals surface area contributed by atoms with E-state index in [0.717, 1.165) is 26.1 Å². The number of hydrogen-bond acceptors (Lipinski definition) is 6. The molecule has 6 heteroatoms. The van der Waals surface area contributed by atoms with Gasteiger partial charge in [-0.15, -0.1) is 0 Å². The van der Waals surface area contributed by atoms with Crippen LogP contribution in [0.25, 0.3) is 0 Å². The first kappa shape index (κ1) is 15.1. The molecule has 3 heterocycles. The van der Waals surface area contributed by atoms with Crippen molar-refractivity contribution in [3.63, 3.8) is 0 Å². The van der Waals surface area contributed by atoms with Crippen molar-refractivity contribution in [3.8, 4) is 6.01 Å². The Labute approximate surface area is 140 Å². The summed E-state index contributed by atoms with van der Waals surface area (Å²) in [5.74, 6) is 0.425. The molecule has 0 bridgehead atoms. The topological polar surface area (TPSA) is 47.5 Å². The van der Waals surface area contributed by atoms with Gasteiger partial charge in [-0.1, -0.05) is 0 Å². The molecule has 2 aromatic heterocycles. The van der Waals surface area contributed by atoms with Crippen molar-refractivity contribution in [3.05, 3.63) is 40.8 Å². The second-order valence-corrected chi connectivity index (χ2v) is 6.96. The minimum Gasteiger partial charge on any atom is -0.463 e.